The van der Waals surface area contributed by atoms with E-state index in [9.17, 15) is 9.90 Å². The normalized spacial score (nSPS) is 12.0. The Morgan fingerprint density at radius 1 is 1.19 bits per heavy atom. The highest BCUT2D eigenvalue weighted by molar-refractivity contribution is 6.30. The van der Waals surface area contributed by atoms with E-state index in [1.807, 2.05) is 28.8 Å². The van der Waals surface area contributed by atoms with Crippen LogP contribution in [0.1, 0.15) is 36.8 Å². The predicted octanol–water partition coefficient (Wildman–Crippen LogP) is 3.40. The van der Waals surface area contributed by atoms with Gasteiger partial charge in [0.1, 0.15) is 18.5 Å². The Balaban J connectivity index is 1.58. The molecule has 2 aromatic heterocycles. The number of benzene rings is 2. The summed E-state index contributed by atoms with van der Waals surface area (Å²) >= 11 is 6.49. The van der Waals surface area contributed by atoms with E-state index in [4.69, 9.17) is 16.3 Å². The summed E-state index contributed by atoms with van der Waals surface area (Å²) in [5.74, 6) is 0.833. The van der Waals surface area contributed by atoms with Gasteiger partial charge in [0.05, 0.1) is 12.3 Å². The van der Waals surface area contributed by atoms with Crippen LogP contribution < -0.4 is 5.32 Å². The van der Waals surface area contributed by atoms with Crippen molar-refractivity contribution in [1.29, 1.82) is 0 Å². The molecule has 2 aromatic carbocycles. The first-order valence-electron chi connectivity index (χ1n) is 12.2. The number of imidazole rings is 1. The number of aromatic amines is 1. The number of carbonyl (C=O) groups is 1. The molecule has 0 aliphatic carbocycles. The van der Waals surface area contributed by atoms with Gasteiger partial charge in [0.25, 0.3) is 0 Å². The number of hydrogen-bond donors (Lipinski definition) is 3. The molecular formula is C26H30ClN7O3. The van der Waals surface area contributed by atoms with Gasteiger partial charge in [-0.25, -0.2) is 4.98 Å². The topological polar surface area (TPSA) is 131 Å². The Morgan fingerprint density at radius 3 is 2.59 bits per heavy atom. The molecule has 0 radical (unpaired) electrons. The van der Waals surface area contributed by atoms with Gasteiger partial charge in [-0.3, -0.25) is 4.79 Å². The summed E-state index contributed by atoms with van der Waals surface area (Å²) in [7, 11) is 1.59. The fourth-order valence-electron chi connectivity index (χ4n) is 4.06. The highest BCUT2D eigenvalue weighted by atomic mass is 35.5. The highest BCUT2D eigenvalue weighted by Crippen LogP contribution is 2.30. The average Bonchev–Trinajstić information content (AvgIpc) is 3.56. The molecule has 0 aliphatic heterocycles. The van der Waals surface area contributed by atoms with Crippen LogP contribution in [0.2, 0.25) is 5.15 Å². The van der Waals surface area contributed by atoms with Crippen LogP contribution in [0.25, 0.3) is 22.5 Å². The molecule has 0 amide bonds. The highest BCUT2D eigenvalue weighted by Gasteiger charge is 2.21. The van der Waals surface area contributed by atoms with Crippen molar-refractivity contribution in [3.8, 4) is 22.5 Å². The molecule has 10 nitrogen and oxygen atoms in total. The third-order valence-corrected chi connectivity index (χ3v) is 6.44. The zero-order valence-electron chi connectivity index (χ0n) is 20.8. The lowest BCUT2D eigenvalue weighted by Crippen LogP contribution is -2.38. The number of aryl methyl sites for hydroxylation is 1. The SMILES string of the molecule is CCCCc1nc(Cl)c(COC(=O)[C@H](CO)NC)n1Cc1ccc(-c2ccccc2-c2nn[nH]n2)cc1. The fourth-order valence-corrected chi connectivity index (χ4v) is 4.31. The van der Waals surface area contributed by atoms with E-state index in [1.165, 1.54) is 0 Å². The van der Waals surface area contributed by atoms with Crippen LogP contribution in [0.15, 0.2) is 48.5 Å². The molecule has 0 saturated heterocycles. The van der Waals surface area contributed by atoms with Crippen LogP contribution in [-0.2, 0) is 29.1 Å². The molecule has 0 spiro atoms. The molecule has 0 unspecified atom stereocenters. The summed E-state index contributed by atoms with van der Waals surface area (Å²) in [6.45, 7) is 2.25. The maximum Gasteiger partial charge on any atom is 0.325 e. The minimum Gasteiger partial charge on any atom is -0.458 e. The number of H-pyrrole nitrogens is 1. The Kier molecular flexibility index (Phi) is 8.99. The third-order valence-electron chi connectivity index (χ3n) is 6.14. The van der Waals surface area contributed by atoms with Crippen molar-refractivity contribution < 1.29 is 14.6 Å². The Labute approximate surface area is 220 Å². The predicted molar refractivity (Wildman–Crippen MR) is 140 cm³/mol. The molecule has 3 N–H and O–H groups in total. The first kappa shape index (κ1) is 26.5. The quantitative estimate of drug-likeness (QED) is 0.241. The molecule has 2 heterocycles. The van der Waals surface area contributed by atoms with Crippen molar-refractivity contribution in [3.63, 3.8) is 0 Å². The van der Waals surface area contributed by atoms with Crippen molar-refractivity contribution in [1.82, 2.24) is 35.5 Å². The molecule has 37 heavy (non-hydrogen) atoms. The summed E-state index contributed by atoms with van der Waals surface area (Å²) in [5, 5.41) is 26.8. The number of tetrazole rings is 1. The second-order valence-electron chi connectivity index (χ2n) is 8.56. The standard InChI is InChI=1S/C26H30ClN7O3/c1-3-4-9-23-29-24(27)22(16-37-26(36)21(15-35)28-2)34(23)14-17-10-12-18(13-11-17)19-7-5-6-8-20(19)25-30-32-33-31-25/h5-8,10-13,21,28,35H,3-4,9,14-16H2,1-2H3,(H,30,31,32,33)/t21-/m0/s1. The van der Waals surface area contributed by atoms with Gasteiger partial charge in [0.15, 0.2) is 5.15 Å². The Hall–Kier alpha value is -3.60. The maximum absolute atomic E-state index is 12.3. The lowest BCUT2D eigenvalue weighted by Gasteiger charge is -2.15. The summed E-state index contributed by atoms with van der Waals surface area (Å²) in [4.78, 5) is 16.9. The summed E-state index contributed by atoms with van der Waals surface area (Å²) in [5.41, 5.74) is 4.58. The fraction of sp³-hybridized carbons (Fsp3) is 0.346. The second kappa shape index (κ2) is 12.6. The van der Waals surface area contributed by atoms with Gasteiger partial charge < -0.3 is 19.7 Å². The number of hydrogen-bond acceptors (Lipinski definition) is 8. The smallest absolute Gasteiger partial charge is 0.325 e. The van der Waals surface area contributed by atoms with Crippen LogP contribution in [0.3, 0.4) is 0 Å². The van der Waals surface area contributed by atoms with Gasteiger partial charge in [0, 0.05) is 18.5 Å². The van der Waals surface area contributed by atoms with Crippen molar-refractivity contribution >= 4 is 17.6 Å². The zero-order chi connectivity index (χ0) is 26.2. The maximum atomic E-state index is 12.3. The van der Waals surface area contributed by atoms with Crippen molar-refractivity contribution in [2.45, 2.75) is 45.4 Å². The zero-order valence-corrected chi connectivity index (χ0v) is 21.6. The molecular weight excluding hydrogens is 494 g/mol. The lowest BCUT2D eigenvalue weighted by molar-refractivity contribution is -0.148. The van der Waals surface area contributed by atoms with Crippen LogP contribution >= 0.6 is 11.6 Å². The van der Waals surface area contributed by atoms with E-state index in [0.29, 0.717) is 23.2 Å². The number of carbonyl (C=O) groups excluding carboxylic acids is 1. The van der Waals surface area contributed by atoms with Crippen LogP contribution in [0, 0.1) is 0 Å². The van der Waals surface area contributed by atoms with Gasteiger partial charge in [-0.15, -0.1) is 10.2 Å². The molecule has 4 rings (SSSR count). The number of ether oxygens (including phenoxy) is 1. The third kappa shape index (κ3) is 6.22. The van der Waals surface area contributed by atoms with Crippen LogP contribution in [-0.4, -0.2) is 60.9 Å². The molecule has 0 saturated carbocycles. The number of unbranched alkanes of at least 4 members (excludes halogenated alkanes) is 1. The molecule has 11 heteroatoms. The number of aromatic nitrogens is 6. The van der Waals surface area contributed by atoms with Crippen LogP contribution in [0.4, 0.5) is 0 Å². The number of aliphatic hydroxyl groups is 1. The number of rotatable bonds is 12. The Morgan fingerprint density at radius 2 is 1.95 bits per heavy atom. The van der Waals surface area contributed by atoms with E-state index in [0.717, 1.165) is 47.3 Å². The van der Waals surface area contributed by atoms with Gasteiger partial charge in [0.2, 0.25) is 5.82 Å². The molecule has 0 aliphatic rings. The molecule has 1 atom stereocenters. The number of halogens is 1. The van der Waals surface area contributed by atoms with Gasteiger partial charge >= 0.3 is 5.97 Å². The van der Waals surface area contributed by atoms with Gasteiger partial charge in [-0.05, 0) is 35.4 Å². The molecule has 4 aromatic rings. The van der Waals surface area contributed by atoms with E-state index >= 15 is 0 Å². The molecule has 194 valence electrons. The first-order chi connectivity index (χ1) is 18.0. The van der Waals surface area contributed by atoms with Gasteiger partial charge in [-0.1, -0.05) is 73.5 Å². The minimum absolute atomic E-state index is 0.0366. The minimum atomic E-state index is -0.794. The second-order valence-corrected chi connectivity index (χ2v) is 8.92. The number of aliphatic hydroxyl groups excluding tert-OH is 1. The van der Waals surface area contributed by atoms with E-state index in [2.05, 4.69) is 62.1 Å². The Bertz CT molecular complexity index is 1300. The number of esters is 1. The summed E-state index contributed by atoms with van der Waals surface area (Å²) in [6, 6.07) is 15.3. The number of nitrogens with one attached hydrogen (secondary N) is 2. The largest absolute Gasteiger partial charge is 0.458 e. The summed E-state index contributed by atoms with van der Waals surface area (Å²) < 4.78 is 7.46. The number of likely N-dealkylation sites (N-methyl/N-ethyl adjacent to an activating group) is 1. The van der Waals surface area contributed by atoms with Crippen molar-refractivity contribution in [2.75, 3.05) is 13.7 Å². The molecule has 0 bridgehead atoms. The van der Waals surface area contributed by atoms with E-state index in [-0.39, 0.29) is 13.2 Å². The van der Waals surface area contributed by atoms with Crippen LogP contribution in [0.5, 0.6) is 0 Å². The van der Waals surface area contributed by atoms with Gasteiger partial charge in [-0.2, -0.15) is 5.21 Å². The monoisotopic (exact) mass is 523 g/mol. The van der Waals surface area contributed by atoms with E-state index in [1.54, 1.807) is 7.05 Å². The van der Waals surface area contributed by atoms with Crippen molar-refractivity contribution in [2.24, 2.45) is 0 Å². The summed E-state index contributed by atoms with van der Waals surface area (Å²) in [6.07, 6.45) is 2.74. The first-order valence-corrected chi connectivity index (χ1v) is 12.5. The van der Waals surface area contributed by atoms with Crippen molar-refractivity contribution in [3.05, 3.63) is 70.8 Å². The lowest BCUT2D eigenvalue weighted by atomic mass is 9.98. The molecule has 0 fully saturated rings. The van der Waals surface area contributed by atoms with E-state index < -0.39 is 12.0 Å². The number of nitrogens with zero attached hydrogens (tertiary/aromatic N) is 5. The average molecular weight is 524 g/mol.